The highest BCUT2D eigenvalue weighted by Crippen LogP contribution is 2.30. The Morgan fingerprint density at radius 2 is 2.11 bits per heavy atom. The van der Waals surface area contributed by atoms with Crippen molar-refractivity contribution in [2.24, 2.45) is 0 Å². The molecule has 0 fully saturated rings. The van der Waals surface area contributed by atoms with E-state index in [1.165, 1.54) is 5.52 Å². The normalized spacial score (nSPS) is 12.3. The van der Waals surface area contributed by atoms with Crippen LogP contribution in [0, 0.1) is 0 Å². The number of nitrogens with zero attached hydrogens (tertiary/aromatic N) is 2. The maximum absolute atomic E-state index is 5.90. The molecule has 0 aliphatic rings. The van der Waals surface area contributed by atoms with Crippen LogP contribution in [0.5, 0.6) is 0 Å². The summed E-state index contributed by atoms with van der Waals surface area (Å²) in [6, 6.07) is 6.22. The van der Waals surface area contributed by atoms with E-state index in [9.17, 15) is 0 Å². The molecule has 0 unspecified atom stereocenters. The van der Waals surface area contributed by atoms with Crippen LogP contribution in [0.1, 0.15) is 33.0 Å². The van der Waals surface area contributed by atoms with Gasteiger partial charge < -0.3 is 4.57 Å². The molecule has 98 valence electrons. The van der Waals surface area contributed by atoms with Gasteiger partial charge in [-0.1, -0.05) is 22.9 Å². The lowest BCUT2D eigenvalue weighted by atomic mass is 10.0. The lowest BCUT2D eigenvalue weighted by Gasteiger charge is -2.28. The Balaban J connectivity index is 2.72. The van der Waals surface area contributed by atoms with E-state index in [0.29, 0.717) is 5.88 Å². The second-order valence-electron chi connectivity index (χ2n) is 5.10. The molecule has 1 aromatic carbocycles. The quantitative estimate of drug-likeness (QED) is 0.742. The molecular weight excluding hydrogens is 312 g/mol. The summed E-state index contributed by atoms with van der Waals surface area (Å²) < 4.78 is 3.41. The van der Waals surface area contributed by atoms with E-state index < -0.39 is 0 Å². The highest BCUT2D eigenvalue weighted by atomic mass is 79.9. The fraction of sp³-hybridized carbons (Fsp3) is 0.500. The number of halogens is 2. The van der Waals surface area contributed by atoms with Gasteiger partial charge in [-0.05, 0) is 38.5 Å². The van der Waals surface area contributed by atoms with Gasteiger partial charge in [0.1, 0.15) is 5.82 Å². The average molecular weight is 330 g/mol. The Kier molecular flexibility index (Phi) is 4.02. The molecule has 1 heterocycles. The third kappa shape index (κ3) is 2.43. The predicted octanol–water partition coefficient (Wildman–Crippen LogP) is 4.73. The molecule has 18 heavy (non-hydrogen) atoms. The van der Waals surface area contributed by atoms with E-state index in [4.69, 9.17) is 16.6 Å². The van der Waals surface area contributed by atoms with Crippen LogP contribution in [0.4, 0.5) is 0 Å². The van der Waals surface area contributed by atoms with Crippen LogP contribution >= 0.6 is 27.5 Å². The van der Waals surface area contributed by atoms with Crippen molar-refractivity contribution < 1.29 is 0 Å². The van der Waals surface area contributed by atoms with E-state index in [1.807, 2.05) is 6.07 Å². The number of rotatable bonds is 4. The number of alkyl halides is 1. The molecule has 0 aliphatic heterocycles. The first-order valence-electron chi connectivity index (χ1n) is 6.23. The van der Waals surface area contributed by atoms with Crippen LogP contribution in [-0.4, -0.2) is 15.4 Å². The van der Waals surface area contributed by atoms with Crippen molar-refractivity contribution in [2.75, 3.05) is 5.88 Å². The Hall–Kier alpha value is -0.540. The zero-order valence-electron chi connectivity index (χ0n) is 11.0. The van der Waals surface area contributed by atoms with E-state index in [-0.39, 0.29) is 5.54 Å². The van der Waals surface area contributed by atoms with Gasteiger partial charge in [0.05, 0.1) is 11.0 Å². The number of benzene rings is 1. The minimum atomic E-state index is 0.0525. The van der Waals surface area contributed by atoms with Crippen LogP contribution < -0.4 is 0 Å². The Labute approximate surface area is 121 Å². The Bertz CT molecular complexity index is 560. The highest BCUT2D eigenvalue weighted by Gasteiger charge is 2.24. The maximum Gasteiger partial charge on any atom is 0.111 e. The van der Waals surface area contributed by atoms with E-state index >= 15 is 0 Å². The minimum Gasteiger partial charge on any atom is -0.322 e. The van der Waals surface area contributed by atoms with Gasteiger partial charge in [0, 0.05) is 22.3 Å². The topological polar surface area (TPSA) is 17.8 Å². The number of aryl methyl sites for hydroxylation is 1. The third-order valence-electron chi connectivity index (χ3n) is 3.47. The van der Waals surface area contributed by atoms with Gasteiger partial charge in [-0.15, -0.1) is 11.6 Å². The van der Waals surface area contributed by atoms with Crippen molar-refractivity contribution in [3.63, 3.8) is 0 Å². The summed E-state index contributed by atoms with van der Waals surface area (Å²) in [6.07, 6.45) is 1.86. The Morgan fingerprint density at radius 1 is 1.39 bits per heavy atom. The summed E-state index contributed by atoms with van der Waals surface area (Å²) in [6.45, 7) is 6.69. The van der Waals surface area contributed by atoms with Crippen LogP contribution in [0.15, 0.2) is 22.7 Å². The third-order valence-corrected chi connectivity index (χ3v) is 4.16. The van der Waals surface area contributed by atoms with Crippen molar-refractivity contribution in [1.82, 2.24) is 9.55 Å². The molecule has 0 amide bonds. The molecule has 0 N–H and O–H groups in total. The lowest BCUT2D eigenvalue weighted by Crippen LogP contribution is -2.27. The van der Waals surface area contributed by atoms with E-state index in [2.05, 4.69) is 53.4 Å². The van der Waals surface area contributed by atoms with Crippen molar-refractivity contribution >= 4 is 38.6 Å². The second kappa shape index (κ2) is 5.22. The number of aromatic nitrogens is 2. The summed E-state index contributed by atoms with van der Waals surface area (Å²) in [5.41, 5.74) is 2.27. The number of hydrogen-bond acceptors (Lipinski definition) is 1. The largest absolute Gasteiger partial charge is 0.322 e. The molecule has 0 saturated carbocycles. The molecule has 0 bridgehead atoms. The van der Waals surface area contributed by atoms with Gasteiger partial charge in [0.15, 0.2) is 0 Å². The fourth-order valence-corrected chi connectivity index (χ4v) is 2.70. The van der Waals surface area contributed by atoms with Crippen LogP contribution in [0.25, 0.3) is 11.0 Å². The maximum atomic E-state index is 5.90. The molecule has 0 saturated heterocycles. The minimum absolute atomic E-state index is 0.0525. The van der Waals surface area contributed by atoms with E-state index in [0.717, 1.165) is 28.7 Å². The summed E-state index contributed by atoms with van der Waals surface area (Å²) >= 11 is 9.43. The number of fused-ring (bicyclic) bond motifs is 1. The first-order valence-corrected chi connectivity index (χ1v) is 7.55. The molecule has 0 atom stereocenters. The number of imidazole rings is 1. The monoisotopic (exact) mass is 328 g/mol. The molecule has 2 rings (SSSR count). The second-order valence-corrected chi connectivity index (χ2v) is 6.40. The van der Waals surface area contributed by atoms with E-state index in [1.54, 1.807) is 0 Å². The van der Waals surface area contributed by atoms with Gasteiger partial charge in [0.2, 0.25) is 0 Å². The summed E-state index contributed by atoms with van der Waals surface area (Å²) in [7, 11) is 0. The highest BCUT2D eigenvalue weighted by molar-refractivity contribution is 9.10. The molecule has 2 aromatic rings. The molecule has 4 heteroatoms. The van der Waals surface area contributed by atoms with Crippen molar-refractivity contribution in [3.05, 3.63) is 28.5 Å². The van der Waals surface area contributed by atoms with Gasteiger partial charge in [0.25, 0.3) is 0 Å². The summed E-state index contributed by atoms with van der Waals surface area (Å²) in [5, 5.41) is 0. The standard InChI is InChI=1S/C14H18BrClN2/c1-4-14(2,3)18-12-9-10(15)5-6-11(12)17-13(18)7-8-16/h5-6,9H,4,7-8H2,1-3H3. The van der Waals surface area contributed by atoms with Gasteiger partial charge in [-0.2, -0.15) is 0 Å². The first kappa shape index (κ1) is 13.9. The lowest BCUT2D eigenvalue weighted by molar-refractivity contribution is 0.342. The predicted molar refractivity (Wildman–Crippen MR) is 81.5 cm³/mol. The van der Waals surface area contributed by atoms with Crippen LogP contribution in [0.2, 0.25) is 0 Å². The molecule has 0 radical (unpaired) electrons. The first-order chi connectivity index (χ1) is 8.49. The van der Waals surface area contributed by atoms with Crippen LogP contribution in [-0.2, 0) is 12.0 Å². The van der Waals surface area contributed by atoms with Crippen LogP contribution in [0.3, 0.4) is 0 Å². The fourth-order valence-electron chi connectivity index (χ4n) is 2.18. The summed E-state index contributed by atoms with van der Waals surface area (Å²) in [4.78, 5) is 4.72. The SMILES string of the molecule is CCC(C)(C)n1c(CCCl)nc2ccc(Br)cc21. The molecule has 0 aliphatic carbocycles. The van der Waals surface area contributed by atoms with Gasteiger partial charge in [-0.25, -0.2) is 4.98 Å². The molecule has 0 spiro atoms. The van der Waals surface area contributed by atoms with Gasteiger partial charge >= 0.3 is 0 Å². The molecule has 1 aromatic heterocycles. The van der Waals surface area contributed by atoms with Gasteiger partial charge in [-0.3, -0.25) is 0 Å². The zero-order chi connectivity index (χ0) is 13.3. The smallest absolute Gasteiger partial charge is 0.111 e. The van der Waals surface area contributed by atoms with Crippen molar-refractivity contribution in [3.8, 4) is 0 Å². The molecular formula is C14H18BrClN2. The van der Waals surface area contributed by atoms with Crippen molar-refractivity contribution in [1.29, 1.82) is 0 Å². The Morgan fingerprint density at radius 3 is 2.72 bits per heavy atom. The molecule has 2 nitrogen and oxygen atoms in total. The number of hydrogen-bond donors (Lipinski definition) is 0. The average Bonchev–Trinajstić information content (AvgIpc) is 2.67. The zero-order valence-corrected chi connectivity index (χ0v) is 13.3. The summed E-state index contributed by atoms with van der Waals surface area (Å²) in [5.74, 6) is 1.68. The van der Waals surface area contributed by atoms with Crippen molar-refractivity contribution in [2.45, 2.75) is 39.2 Å².